The Morgan fingerprint density at radius 2 is 2.15 bits per heavy atom. The summed E-state index contributed by atoms with van der Waals surface area (Å²) >= 11 is 0. The lowest BCUT2D eigenvalue weighted by Crippen LogP contribution is -2.40. The van der Waals surface area contributed by atoms with Crippen molar-refractivity contribution in [2.75, 3.05) is 13.2 Å². The lowest BCUT2D eigenvalue weighted by Gasteiger charge is -2.28. The average molecular weight is 363 g/mol. The van der Waals surface area contributed by atoms with E-state index in [0.717, 1.165) is 42.7 Å². The second-order valence-electron chi connectivity index (χ2n) is 7.23. The Kier molecular flexibility index (Phi) is 4.86. The monoisotopic (exact) mass is 363 g/mol. The molecule has 0 saturated carbocycles. The standard InChI is InChI=1S/C22H25N3O2/c1-14-8-9-18(22(23)26)19-11-16(13-27-21(14)19)24-10-4-5-15-12-25-20-7-3-2-6-17(15)20/h2-3,6-9,12,16,24-25H,4-5,10-11,13H2,1H3,(H2,23,26)/t16-/m1/s1. The first-order valence-electron chi connectivity index (χ1n) is 9.47. The average Bonchev–Trinajstić information content (AvgIpc) is 3.08. The van der Waals surface area contributed by atoms with Crippen LogP contribution in [0.5, 0.6) is 5.75 Å². The summed E-state index contributed by atoms with van der Waals surface area (Å²) in [4.78, 5) is 15.1. The molecular formula is C22H25N3O2. The molecule has 4 N–H and O–H groups in total. The second kappa shape index (κ2) is 7.45. The molecule has 5 nitrogen and oxygen atoms in total. The van der Waals surface area contributed by atoms with Gasteiger partial charge in [-0.25, -0.2) is 0 Å². The number of amides is 1. The summed E-state index contributed by atoms with van der Waals surface area (Å²) in [7, 11) is 0. The number of carbonyl (C=O) groups excluding carboxylic acids is 1. The number of hydrogen-bond acceptors (Lipinski definition) is 3. The van der Waals surface area contributed by atoms with Gasteiger partial charge in [0.05, 0.1) is 0 Å². The third-order valence-corrected chi connectivity index (χ3v) is 5.33. The summed E-state index contributed by atoms with van der Waals surface area (Å²) in [6.07, 6.45) is 4.93. The summed E-state index contributed by atoms with van der Waals surface area (Å²) in [5.41, 5.74) is 10.6. The van der Waals surface area contributed by atoms with Crippen LogP contribution in [0.4, 0.5) is 0 Å². The van der Waals surface area contributed by atoms with E-state index in [1.807, 2.05) is 19.1 Å². The lowest BCUT2D eigenvalue weighted by molar-refractivity contribution is 0.0997. The Hall–Kier alpha value is -2.79. The quantitative estimate of drug-likeness (QED) is 0.589. The first kappa shape index (κ1) is 17.6. The molecule has 3 aromatic rings. The van der Waals surface area contributed by atoms with Gasteiger partial charge in [0.1, 0.15) is 12.4 Å². The number of hydrogen-bond donors (Lipinski definition) is 3. The van der Waals surface area contributed by atoms with Crippen molar-refractivity contribution in [3.8, 4) is 5.75 Å². The van der Waals surface area contributed by atoms with Crippen molar-refractivity contribution in [2.45, 2.75) is 32.2 Å². The van der Waals surface area contributed by atoms with Crippen LogP contribution < -0.4 is 15.8 Å². The van der Waals surface area contributed by atoms with Crippen LogP contribution >= 0.6 is 0 Å². The van der Waals surface area contributed by atoms with E-state index in [1.54, 1.807) is 6.07 Å². The molecule has 2 heterocycles. The molecule has 2 aromatic carbocycles. The maximum atomic E-state index is 11.7. The smallest absolute Gasteiger partial charge is 0.249 e. The van der Waals surface area contributed by atoms with Gasteiger partial charge in [0.25, 0.3) is 0 Å². The van der Waals surface area contributed by atoms with E-state index >= 15 is 0 Å². The number of rotatable bonds is 6. The summed E-state index contributed by atoms with van der Waals surface area (Å²) in [5, 5.41) is 4.87. The van der Waals surface area contributed by atoms with Crippen LogP contribution in [0.3, 0.4) is 0 Å². The Morgan fingerprint density at radius 3 is 3.00 bits per heavy atom. The molecule has 0 saturated heterocycles. The van der Waals surface area contributed by atoms with Gasteiger partial charge in [0, 0.05) is 34.3 Å². The first-order chi connectivity index (χ1) is 13.1. The van der Waals surface area contributed by atoms with E-state index in [9.17, 15) is 4.79 Å². The zero-order valence-electron chi connectivity index (χ0n) is 15.5. The molecule has 0 unspecified atom stereocenters. The van der Waals surface area contributed by atoms with Crippen LogP contribution in [-0.4, -0.2) is 30.1 Å². The molecule has 0 aliphatic carbocycles. The molecule has 1 aliphatic rings. The van der Waals surface area contributed by atoms with Crippen LogP contribution in [0.25, 0.3) is 10.9 Å². The fourth-order valence-electron chi connectivity index (χ4n) is 3.92. The minimum atomic E-state index is -0.394. The van der Waals surface area contributed by atoms with Gasteiger partial charge in [-0.1, -0.05) is 24.3 Å². The van der Waals surface area contributed by atoms with Crippen LogP contribution in [0.1, 0.15) is 33.5 Å². The lowest BCUT2D eigenvalue weighted by atomic mass is 9.94. The summed E-state index contributed by atoms with van der Waals surface area (Å²) in [5.74, 6) is 0.429. The van der Waals surface area contributed by atoms with E-state index in [4.69, 9.17) is 10.5 Å². The van der Waals surface area contributed by atoms with Crippen molar-refractivity contribution in [2.24, 2.45) is 5.73 Å². The SMILES string of the molecule is Cc1ccc(C(N)=O)c2c1OC[C@H](NCCCc1c[nH]c3ccccc13)C2. The number of aromatic nitrogens is 1. The van der Waals surface area contributed by atoms with Crippen LogP contribution in [0.2, 0.25) is 0 Å². The minimum Gasteiger partial charge on any atom is -0.491 e. The number of aryl methyl sites for hydroxylation is 2. The van der Waals surface area contributed by atoms with Crippen molar-refractivity contribution >= 4 is 16.8 Å². The number of benzene rings is 2. The van der Waals surface area contributed by atoms with Crippen LogP contribution in [0.15, 0.2) is 42.6 Å². The number of ether oxygens (including phenoxy) is 1. The highest BCUT2D eigenvalue weighted by molar-refractivity contribution is 5.95. The number of primary amides is 1. The molecule has 1 aliphatic heterocycles. The molecule has 0 fully saturated rings. The molecule has 140 valence electrons. The summed E-state index contributed by atoms with van der Waals surface area (Å²) in [6.45, 7) is 3.52. The largest absolute Gasteiger partial charge is 0.491 e. The zero-order valence-corrected chi connectivity index (χ0v) is 15.5. The van der Waals surface area contributed by atoms with Crippen molar-refractivity contribution in [1.29, 1.82) is 0 Å². The Morgan fingerprint density at radius 1 is 1.30 bits per heavy atom. The number of para-hydroxylation sites is 1. The molecule has 4 rings (SSSR count). The molecule has 5 heteroatoms. The molecule has 1 aromatic heterocycles. The first-order valence-corrected chi connectivity index (χ1v) is 9.47. The number of nitrogens with two attached hydrogens (primary N) is 1. The van der Waals surface area contributed by atoms with E-state index in [-0.39, 0.29) is 6.04 Å². The van der Waals surface area contributed by atoms with Crippen molar-refractivity contribution in [3.63, 3.8) is 0 Å². The molecule has 27 heavy (non-hydrogen) atoms. The van der Waals surface area contributed by atoms with E-state index in [2.05, 4.69) is 34.7 Å². The predicted molar refractivity (Wildman–Crippen MR) is 107 cm³/mol. The normalized spacial score (nSPS) is 16.1. The van der Waals surface area contributed by atoms with Gasteiger partial charge in [0.2, 0.25) is 5.91 Å². The van der Waals surface area contributed by atoms with Gasteiger partial charge in [-0.05, 0) is 56.0 Å². The number of aromatic amines is 1. The van der Waals surface area contributed by atoms with Crippen molar-refractivity contribution in [1.82, 2.24) is 10.3 Å². The number of H-pyrrole nitrogens is 1. The minimum absolute atomic E-state index is 0.195. The molecule has 0 radical (unpaired) electrons. The third-order valence-electron chi connectivity index (χ3n) is 5.33. The van der Waals surface area contributed by atoms with E-state index in [1.165, 1.54) is 16.5 Å². The maximum absolute atomic E-state index is 11.7. The van der Waals surface area contributed by atoms with Gasteiger partial charge < -0.3 is 20.8 Å². The van der Waals surface area contributed by atoms with Gasteiger partial charge in [-0.3, -0.25) is 4.79 Å². The fraction of sp³-hybridized carbons (Fsp3) is 0.318. The second-order valence-corrected chi connectivity index (χ2v) is 7.23. The van der Waals surface area contributed by atoms with E-state index < -0.39 is 5.91 Å². The van der Waals surface area contributed by atoms with Crippen molar-refractivity contribution in [3.05, 3.63) is 64.8 Å². The van der Waals surface area contributed by atoms with Crippen LogP contribution in [0, 0.1) is 6.92 Å². The Labute approximate surface area is 158 Å². The van der Waals surface area contributed by atoms with Gasteiger partial charge in [-0.2, -0.15) is 0 Å². The Balaban J connectivity index is 1.35. The van der Waals surface area contributed by atoms with Crippen LogP contribution in [-0.2, 0) is 12.8 Å². The molecule has 0 spiro atoms. The molecular weight excluding hydrogens is 338 g/mol. The molecule has 1 atom stereocenters. The predicted octanol–water partition coefficient (Wildman–Crippen LogP) is 3.10. The maximum Gasteiger partial charge on any atom is 0.249 e. The third kappa shape index (κ3) is 3.55. The number of carbonyl (C=O) groups is 1. The Bertz CT molecular complexity index is 977. The number of fused-ring (bicyclic) bond motifs is 2. The van der Waals surface area contributed by atoms with Crippen molar-refractivity contribution < 1.29 is 9.53 Å². The fourth-order valence-corrected chi connectivity index (χ4v) is 3.92. The van der Waals surface area contributed by atoms with Gasteiger partial charge in [-0.15, -0.1) is 0 Å². The summed E-state index contributed by atoms with van der Waals surface area (Å²) < 4.78 is 5.94. The van der Waals surface area contributed by atoms with Gasteiger partial charge in [0.15, 0.2) is 0 Å². The number of nitrogens with one attached hydrogen (secondary N) is 2. The zero-order chi connectivity index (χ0) is 18.8. The van der Waals surface area contributed by atoms with E-state index in [0.29, 0.717) is 12.2 Å². The molecule has 0 bridgehead atoms. The highest BCUT2D eigenvalue weighted by Gasteiger charge is 2.25. The summed E-state index contributed by atoms with van der Waals surface area (Å²) in [6, 6.07) is 12.3. The highest BCUT2D eigenvalue weighted by atomic mass is 16.5. The topological polar surface area (TPSA) is 80.1 Å². The molecule has 1 amide bonds. The van der Waals surface area contributed by atoms with Gasteiger partial charge >= 0.3 is 0 Å². The highest BCUT2D eigenvalue weighted by Crippen LogP contribution is 2.31.